The second-order valence-corrected chi connectivity index (χ2v) is 9.48. The van der Waals surface area contributed by atoms with E-state index in [1.165, 1.54) is 16.9 Å². The molecule has 0 aliphatic heterocycles. The molecule has 3 aromatic rings. The van der Waals surface area contributed by atoms with Gasteiger partial charge in [0, 0.05) is 12.6 Å². The lowest BCUT2D eigenvalue weighted by molar-refractivity contribution is -0.115. The van der Waals surface area contributed by atoms with Gasteiger partial charge in [-0.05, 0) is 69.2 Å². The Morgan fingerprint density at radius 2 is 1.84 bits per heavy atom. The first-order chi connectivity index (χ1) is 15.1. The Morgan fingerprint density at radius 1 is 1.09 bits per heavy atom. The molecule has 2 unspecified atom stereocenters. The van der Waals surface area contributed by atoms with Crippen molar-refractivity contribution in [1.82, 2.24) is 15.0 Å². The summed E-state index contributed by atoms with van der Waals surface area (Å²) in [6.45, 7) is 4.76. The van der Waals surface area contributed by atoms with Crippen LogP contribution in [0.3, 0.4) is 0 Å². The molecule has 1 aliphatic carbocycles. The van der Waals surface area contributed by atoms with Gasteiger partial charge >= 0.3 is 6.18 Å². The number of rotatable bonds is 6. The summed E-state index contributed by atoms with van der Waals surface area (Å²) in [4.78, 5) is 13.5. The number of halogens is 3. The van der Waals surface area contributed by atoms with Crippen molar-refractivity contribution < 1.29 is 18.3 Å². The number of hydrogen-bond donors (Lipinski definition) is 3. The number of nitrogens with zero attached hydrogens (tertiary/aromatic N) is 3. The molecule has 10 heteroatoms. The second kappa shape index (κ2) is 8.82. The summed E-state index contributed by atoms with van der Waals surface area (Å²) >= 11 is 1.52. The SMILES string of the molecule is Cc1cc2nc(-c3c(C)nc(NCC(F)(F)F)nc3NC3CCC(CO)C3)sc2cc1C. The molecule has 0 bridgehead atoms. The van der Waals surface area contributed by atoms with E-state index in [1.807, 2.05) is 19.9 Å². The van der Waals surface area contributed by atoms with E-state index >= 15 is 0 Å². The third-order valence-corrected chi connectivity index (χ3v) is 6.93. The lowest BCUT2D eigenvalue weighted by atomic mass is 10.1. The van der Waals surface area contributed by atoms with Crippen molar-refractivity contribution in [2.75, 3.05) is 23.8 Å². The summed E-state index contributed by atoms with van der Waals surface area (Å²) in [5, 5.41) is 15.9. The summed E-state index contributed by atoms with van der Waals surface area (Å²) in [6.07, 6.45) is -1.84. The first-order valence-corrected chi connectivity index (χ1v) is 11.4. The number of aliphatic hydroxyl groups is 1. The Hall–Kier alpha value is -2.46. The van der Waals surface area contributed by atoms with Crippen LogP contribution in [0.5, 0.6) is 0 Å². The molecule has 0 radical (unpaired) electrons. The molecule has 1 aromatic carbocycles. The van der Waals surface area contributed by atoms with Gasteiger partial charge in [0.25, 0.3) is 0 Å². The number of aryl methyl sites for hydroxylation is 3. The van der Waals surface area contributed by atoms with Crippen LogP contribution in [-0.2, 0) is 0 Å². The Kier molecular flexibility index (Phi) is 6.26. The van der Waals surface area contributed by atoms with Crippen LogP contribution in [-0.4, -0.2) is 45.4 Å². The molecule has 1 aliphatic rings. The van der Waals surface area contributed by atoms with E-state index in [4.69, 9.17) is 4.98 Å². The summed E-state index contributed by atoms with van der Waals surface area (Å²) in [7, 11) is 0. The highest BCUT2D eigenvalue weighted by molar-refractivity contribution is 7.21. The molecule has 32 heavy (non-hydrogen) atoms. The van der Waals surface area contributed by atoms with E-state index < -0.39 is 12.7 Å². The van der Waals surface area contributed by atoms with Gasteiger partial charge in [0.15, 0.2) is 0 Å². The van der Waals surface area contributed by atoms with Crippen LogP contribution < -0.4 is 10.6 Å². The highest BCUT2D eigenvalue weighted by Gasteiger charge is 2.29. The van der Waals surface area contributed by atoms with Crippen LogP contribution in [0.1, 0.15) is 36.1 Å². The van der Waals surface area contributed by atoms with Crippen molar-refractivity contribution in [1.29, 1.82) is 0 Å². The van der Waals surface area contributed by atoms with Gasteiger partial charge in [0.1, 0.15) is 17.4 Å². The van der Waals surface area contributed by atoms with Crippen molar-refractivity contribution in [2.45, 2.75) is 52.3 Å². The Morgan fingerprint density at radius 3 is 2.53 bits per heavy atom. The number of aromatic nitrogens is 3. The van der Waals surface area contributed by atoms with E-state index in [-0.39, 0.29) is 24.5 Å². The van der Waals surface area contributed by atoms with Gasteiger partial charge in [-0.25, -0.2) is 9.97 Å². The normalized spacial score (nSPS) is 19.0. The molecule has 3 N–H and O–H groups in total. The summed E-state index contributed by atoms with van der Waals surface area (Å²) < 4.78 is 39.2. The predicted octanol–water partition coefficient (Wildman–Crippen LogP) is 5.23. The molecule has 2 atom stereocenters. The third-order valence-electron chi connectivity index (χ3n) is 5.89. The standard InChI is InChI=1S/C22H26F3N5OS/c1-11-6-16-17(7-12(11)2)32-20(29-16)18-13(3)27-21(26-10-22(23,24)25)30-19(18)28-15-5-4-14(8-15)9-31/h6-7,14-15,31H,4-5,8-10H2,1-3H3,(H2,26,27,28,30). The monoisotopic (exact) mass is 465 g/mol. The first kappa shape index (κ1) is 22.7. The zero-order chi connectivity index (χ0) is 23.0. The molecule has 0 saturated heterocycles. The van der Waals surface area contributed by atoms with Crippen molar-refractivity contribution in [3.05, 3.63) is 29.0 Å². The maximum absolute atomic E-state index is 12.7. The van der Waals surface area contributed by atoms with E-state index in [9.17, 15) is 18.3 Å². The minimum Gasteiger partial charge on any atom is -0.396 e. The topological polar surface area (TPSA) is 83.0 Å². The average molecular weight is 466 g/mol. The molecule has 2 heterocycles. The fourth-order valence-corrected chi connectivity index (χ4v) is 5.19. The van der Waals surface area contributed by atoms with Gasteiger partial charge < -0.3 is 15.7 Å². The highest BCUT2D eigenvalue weighted by Crippen LogP contribution is 2.38. The number of benzene rings is 1. The molecule has 1 saturated carbocycles. The Labute approximate surface area is 188 Å². The van der Waals surface area contributed by atoms with E-state index in [0.717, 1.165) is 40.1 Å². The molecule has 1 fully saturated rings. The Balaban J connectivity index is 1.74. The number of hydrogen-bond acceptors (Lipinski definition) is 7. The van der Waals surface area contributed by atoms with E-state index in [1.54, 1.807) is 6.92 Å². The van der Waals surface area contributed by atoms with Crippen LogP contribution in [0.2, 0.25) is 0 Å². The molecular weight excluding hydrogens is 439 g/mol. The molecule has 0 amide bonds. The molecular formula is C22H26F3N5OS. The number of alkyl halides is 3. The fraction of sp³-hybridized carbons (Fsp3) is 0.500. The highest BCUT2D eigenvalue weighted by atomic mass is 32.1. The predicted molar refractivity (Wildman–Crippen MR) is 121 cm³/mol. The van der Waals surface area contributed by atoms with E-state index in [2.05, 4.69) is 26.7 Å². The van der Waals surface area contributed by atoms with Crippen LogP contribution in [0, 0.1) is 26.7 Å². The number of thiazole rings is 1. The minimum absolute atomic E-state index is 0.0735. The molecule has 6 nitrogen and oxygen atoms in total. The van der Waals surface area contributed by atoms with Crippen molar-refractivity contribution >= 4 is 33.3 Å². The average Bonchev–Trinajstić information content (AvgIpc) is 3.32. The maximum Gasteiger partial charge on any atom is 0.405 e. The van der Waals surface area contributed by atoms with Gasteiger partial charge in [-0.3, -0.25) is 0 Å². The van der Waals surface area contributed by atoms with Crippen LogP contribution in [0.15, 0.2) is 12.1 Å². The molecule has 2 aromatic heterocycles. The first-order valence-electron chi connectivity index (χ1n) is 10.6. The van der Waals surface area contributed by atoms with Crippen molar-refractivity contribution in [3.63, 3.8) is 0 Å². The van der Waals surface area contributed by atoms with Crippen LogP contribution >= 0.6 is 11.3 Å². The number of aliphatic hydroxyl groups excluding tert-OH is 1. The second-order valence-electron chi connectivity index (χ2n) is 8.45. The van der Waals surface area contributed by atoms with Gasteiger partial charge in [-0.15, -0.1) is 11.3 Å². The number of anilines is 2. The zero-order valence-electron chi connectivity index (χ0n) is 18.2. The largest absolute Gasteiger partial charge is 0.405 e. The van der Waals surface area contributed by atoms with Crippen LogP contribution in [0.25, 0.3) is 20.8 Å². The van der Waals surface area contributed by atoms with Gasteiger partial charge in [-0.1, -0.05) is 0 Å². The molecule has 172 valence electrons. The summed E-state index contributed by atoms with van der Waals surface area (Å²) in [6, 6.07) is 4.21. The van der Waals surface area contributed by atoms with Gasteiger partial charge in [0.2, 0.25) is 5.95 Å². The third kappa shape index (κ3) is 4.96. The summed E-state index contributed by atoms with van der Waals surface area (Å²) in [5.41, 5.74) is 4.45. The van der Waals surface area contributed by atoms with Crippen LogP contribution in [0.4, 0.5) is 24.9 Å². The number of fused-ring (bicyclic) bond motifs is 1. The lowest BCUT2D eigenvalue weighted by Gasteiger charge is -2.18. The number of nitrogens with one attached hydrogen (secondary N) is 2. The van der Waals surface area contributed by atoms with Crippen molar-refractivity contribution in [2.24, 2.45) is 5.92 Å². The van der Waals surface area contributed by atoms with Crippen molar-refractivity contribution in [3.8, 4) is 10.6 Å². The van der Waals surface area contributed by atoms with Gasteiger partial charge in [0.05, 0.1) is 21.5 Å². The molecule has 0 spiro atoms. The lowest BCUT2D eigenvalue weighted by Crippen LogP contribution is -2.24. The van der Waals surface area contributed by atoms with Gasteiger partial charge in [-0.2, -0.15) is 18.2 Å². The summed E-state index contributed by atoms with van der Waals surface area (Å²) in [5.74, 6) is 0.615. The fourth-order valence-electron chi connectivity index (χ4n) is 4.04. The smallest absolute Gasteiger partial charge is 0.396 e. The zero-order valence-corrected chi connectivity index (χ0v) is 19.0. The minimum atomic E-state index is -4.37. The van der Waals surface area contributed by atoms with E-state index in [0.29, 0.717) is 17.1 Å². The Bertz CT molecular complexity index is 1090. The molecule has 4 rings (SSSR count). The quantitative estimate of drug-likeness (QED) is 0.463. The maximum atomic E-state index is 12.7.